The number of nitrogens with one attached hydrogen (secondary N) is 2. The largest absolute Gasteiger partial charge is 0.409 e. The molecule has 3 nitrogen and oxygen atoms in total. The number of hydrogen-bond acceptors (Lipinski definition) is 0. The number of nitrogens with zero attached hydrogens (tertiary/aromatic N) is 1. The summed E-state index contributed by atoms with van der Waals surface area (Å²) in [5, 5.41) is 4.98. The number of rotatable bonds is 7. The highest BCUT2D eigenvalue weighted by Gasteiger charge is 2.54. The molecule has 0 aromatic heterocycles. The zero-order valence-electron chi connectivity index (χ0n) is 25.7. The Hall–Kier alpha value is -4.84. The second kappa shape index (κ2) is 13.8. The molecule has 0 saturated carbocycles. The predicted molar refractivity (Wildman–Crippen MR) is 151 cm³/mol. The number of benzene rings is 4. The lowest BCUT2D eigenvalue weighted by Gasteiger charge is -2.46. The first-order chi connectivity index (χ1) is 23.2. The van der Waals surface area contributed by atoms with Crippen LogP contribution in [-0.2, 0) is 0 Å². The standard InChI is InChI=1S/C31H21BF15N3/c1-10(2)48-31(49-11(3)4)50(12-8-6-5-7-9-12)32(13-16(33)22(39)28(45)23(40)17(13)34,14-18(35)24(41)29(46)25(42)19(14)36)15-20(37)26(43)30(47)27(44)21(15)38/h5-11,48-49H,1-4H3. The van der Waals surface area contributed by atoms with Gasteiger partial charge in [-0.2, -0.15) is 0 Å². The average molecular weight is 731 g/mol. The average Bonchev–Trinajstić information content (AvgIpc) is 3.06. The Labute approximate surface area is 273 Å². The van der Waals surface area contributed by atoms with Gasteiger partial charge in [-0.1, -0.05) is 34.6 Å². The summed E-state index contributed by atoms with van der Waals surface area (Å²) in [6, 6.07) is 2.84. The van der Waals surface area contributed by atoms with Crippen molar-refractivity contribution in [3.63, 3.8) is 0 Å². The van der Waals surface area contributed by atoms with Crippen molar-refractivity contribution in [3.8, 4) is 0 Å². The molecule has 4 rings (SSSR count). The van der Waals surface area contributed by atoms with Gasteiger partial charge in [0.15, 0.2) is 52.4 Å². The van der Waals surface area contributed by atoms with Crippen molar-refractivity contribution in [2.45, 2.75) is 39.8 Å². The Morgan fingerprint density at radius 1 is 0.420 bits per heavy atom. The molecule has 0 aliphatic carbocycles. The lowest BCUT2D eigenvalue weighted by atomic mass is 9.22. The normalized spacial score (nSPS) is 11.9. The summed E-state index contributed by atoms with van der Waals surface area (Å²) in [4.78, 5) is 0. The van der Waals surface area contributed by atoms with Gasteiger partial charge in [-0.25, -0.2) is 65.9 Å². The number of para-hydroxylation sites is 1. The minimum absolute atomic E-state index is 0.0746. The summed E-state index contributed by atoms with van der Waals surface area (Å²) in [5.41, 5.74) is -9.12. The molecule has 0 radical (unpaired) electrons. The maximum atomic E-state index is 16.2. The molecule has 19 heteroatoms. The second-order valence-corrected chi connectivity index (χ2v) is 11.4. The molecule has 50 heavy (non-hydrogen) atoms. The van der Waals surface area contributed by atoms with Gasteiger partial charge in [0.1, 0.15) is 34.9 Å². The molecular weight excluding hydrogens is 710 g/mol. The van der Waals surface area contributed by atoms with Gasteiger partial charge >= 0.3 is 5.96 Å². The Bertz CT molecular complexity index is 1770. The molecule has 0 spiro atoms. The molecule has 0 saturated heterocycles. The molecule has 0 heterocycles. The molecule has 0 aliphatic rings. The van der Waals surface area contributed by atoms with Crippen LogP contribution in [0.4, 0.5) is 71.5 Å². The van der Waals surface area contributed by atoms with Crippen LogP contribution in [0, 0.1) is 87.3 Å². The van der Waals surface area contributed by atoms with Crippen molar-refractivity contribution < 1.29 is 70.3 Å². The zero-order valence-corrected chi connectivity index (χ0v) is 25.7. The fraction of sp³-hybridized carbons (Fsp3) is 0.194. The molecule has 4 aromatic carbocycles. The number of guanidine groups is 1. The van der Waals surface area contributed by atoms with Gasteiger partial charge in [0, 0.05) is 0 Å². The second-order valence-electron chi connectivity index (χ2n) is 11.4. The minimum atomic E-state index is -6.12. The van der Waals surface area contributed by atoms with Crippen molar-refractivity contribution in [1.82, 2.24) is 10.6 Å². The highest BCUT2D eigenvalue weighted by atomic mass is 19.2. The zero-order chi connectivity index (χ0) is 37.7. The lowest BCUT2D eigenvalue weighted by molar-refractivity contribution is -0.296. The maximum Gasteiger partial charge on any atom is 0.306 e. The van der Waals surface area contributed by atoms with Crippen LogP contribution in [0.5, 0.6) is 0 Å². The van der Waals surface area contributed by atoms with E-state index in [1.807, 2.05) is 0 Å². The summed E-state index contributed by atoms with van der Waals surface area (Å²) < 4.78 is 231. The molecule has 4 aromatic rings. The fourth-order valence-electron chi connectivity index (χ4n) is 5.65. The summed E-state index contributed by atoms with van der Waals surface area (Å²) >= 11 is 0. The van der Waals surface area contributed by atoms with Gasteiger partial charge in [-0.3, -0.25) is 10.6 Å². The molecule has 0 unspecified atom stereocenters. The third kappa shape index (κ3) is 5.79. The summed E-state index contributed by atoms with van der Waals surface area (Å²) in [7, 11) is 0. The molecule has 0 aliphatic heterocycles. The molecule has 0 amide bonds. The van der Waals surface area contributed by atoms with Gasteiger partial charge < -0.3 is 4.49 Å². The Kier molecular flexibility index (Phi) is 10.5. The van der Waals surface area contributed by atoms with Crippen LogP contribution in [0.25, 0.3) is 0 Å². The van der Waals surface area contributed by atoms with E-state index in [0.717, 1.165) is 24.3 Å². The quantitative estimate of drug-likeness (QED) is 0.0573. The van der Waals surface area contributed by atoms with Crippen LogP contribution in [0.15, 0.2) is 30.3 Å². The first-order valence-electron chi connectivity index (χ1n) is 14.2. The van der Waals surface area contributed by atoms with Crippen LogP contribution in [0.3, 0.4) is 0 Å². The molecule has 268 valence electrons. The highest BCUT2D eigenvalue weighted by molar-refractivity contribution is 7.06. The smallest absolute Gasteiger partial charge is 0.306 e. The number of hydrogen-bond donors (Lipinski definition) is 2. The molecule has 2 N–H and O–H groups in total. The highest BCUT2D eigenvalue weighted by Crippen LogP contribution is 2.31. The molecule has 0 atom stereocenters. The van der Waals surface area contributed by atoms with E-state index in [1.54, 1.807) is 0 Å². The van der Waals surface area contributed by atoms with Crippen molar-refractivity contribution in [2.24, 2.45) is 0 Å². The van der Waals surface area contributed by atoms with E-state index < -0.39 is 134 Å². The molecule has 0 fully saturated rings. The third-order valence-corrected chi connectivity index (χ3v) is 7.50. The first kappa shape index (κ1) is 38.0. The fourth-order valence-corrected chi connectivity index (χ4v) is 5.65. The van der Waals surface area contributed by atoms with Crippen molar-refractivity contribution >= 4 is 34.3 Å². The van der Waals surface area contributed by atoms with E-state index in [9.17, 15) is 13.2 Å². The summed E-state index contributed by atoms with van der Waals surface area (Å²) in [6.07, 6.45) is -6.12. The molecule has 0 bridgehead atoms. The van der Waals surface area contributed by atoms with E-state index in [4.69, 9.17) is 0 Å². The van der Waals surface area contributed by atoms with Gasteiger partial charge in [0.2, 0.25) is 0 Å². The third-order valence-electron chi connectivity index (χ3n) is 7.50. The van der Waals surface area contributed by atoms with Crippen LogP contribution < -0.4 is 27.0 Å². The Morgan fingerprint density at radius 2 is 0.660 bits per heavy atom. The molecular formula is C31H21BF15N3. The van der Waals surface area contributed by atoms with Crippen molar-refractivity contribution in [2.75, 3.05) is 0 Å². The Morgan fingerprint density at radius 3 is 0.900 bits per heavy atom. The maximum absolute atomic E-state index is 16.2. The first-order valence-corrected chi connectivity index (χ1v) is 14.2. The van der Waals surface area contributed by atoms with Crippen molar-refractivity contribution in [3.05, 3.63) is 118 Å². The van der Waals surface area contributed by atoms with E-state index in [-0.39, 0.29) is 4.49 Å². The van der Waals surface area contributed by atoms with E-state index in [0.29, 0.717) is 0 Å². The van der Waals surface area contributed by atoms with Crippen molar-refractivity contribution in [1.29, 1.82) is 0 Å². The predicted octanol–water partition coefficient (Wildman–Crippen LogP) is 6.44. The number of halogens is 15. The summed E-state index contributed by atoms with van der Waals surface area (Å²) in [6.45, 7) is 5.20. The van der Waals surface area contributed by atoms with Crippen LogP contribution in [0.1, 0.15) is 27.7 Å². The summed E-state index contributed by atoms with van der Waals surface area (Å²) in [5.74, 6) is -47.2. The minimum Gasteiger partial charge on any atom is -0.409 e. The van der Waals surface area contributed by atoms with Crippen LogP contribution >= 0.6 is 0 Å². The van der Waals surface area contributed by atoms with Gasteiger partial charge in [-0.05, 0) is 39.8 Å². The van der Waals surface area contributed by atoms with Crippen LogP contribution in [0.2, 0.25) is 0 Å². The Balaban J connectivity index is 2.71. The topological polar surface area (TPSA) is 27.1 Å². The van der Waals surface area contributed by atoms with Gasteiger partial charge in [0.05, 0.1) is 17.8 Å². The lowest BCUT2D eigenvalue weighted by Crippen LogP contribution is -2.80. The monoisotopic (exact) mass is 731 g/mol. The van der Waals surface area contributed by atoms with Crippen LogP contribution in [-0.4, -0.2) is 28.8 Å². The van der Waals surface area contributed by atoms with E-state index >= 15 is 52.7 Å². The van der Waals surface area contributed by atoms with Gasteiger partial charge in [0.25, 0.3) is 6.28 Å². The van der Waals surface area contributed by atoms with E-state index in [2.05, 4.69) is 10.6 Å². The van der Waals surface area contributed by atoms with E-state index in [1.165, 1.54) is 33.8 Å². The van der Waals surface area contributed by atoms with Gasteiger partial charge in [-0.15, -0.1) is 0 Å². The SMILES string of the molecule is CC(C)NC(NC(C)C)=[N+](c1ccccc1)[B-](c1c(F)c(F)c(F)c(F)c1F)(c1c(F)c(F)c(F)c(F)c1F)c1c(F)c(F)c(F)c(F)c1F.